The van der Waals surface area contributed by atoms with Crippen molar-refractivity contribution >= 4 is 23.2 Å². The largest absolute Gasteiger partial charge is 0.388 e. The molecule has 0 unspecified atom stereocenters. The van der Waals surface area contributed by atoms with Gasteiger partial charge < -0.3 is 19.3 Å². The molecule has 10 nitrogen and oxygen atoms in total. The summed E-state index contributed by atoms with van der Waals surface area (Å²) in [5, 5.41) is 25.5. The van der Waals surface area contributed by atoms with E-state index in [1.807, 2.05) is 30.3 Å². The average molecular weight is 659 g/mol. The summed E-state index contributed by atoms with van der Waals surface area (Å²) in [6, 6.07) is 14.7. The van der Waals surface area contributed by atoms with Crippen molar-refractivity contribution in [3.8, 4) is 16.9 Å². The van der Waals surface area contributed by atoms with Gasteiger partial charge in [-0.25, -0.2) is 27.5 Å². The molecule has 3 aromatic carbocycles. The van der Waals surface area contributed by atoms with E-state index in [4.69, 9.17) is 37.4 Å². The van der Waals surface area contributed by atoms with Gasteiger partial charge >= 0.3 is 0 Å². The van der Waals surface area contributed by atoms with Gasteiger partial charge in [-0.2, -0.15) is 5.10 Å². The number of ether oxygens (including phenoxy) is 3. The second-order valence-corrected chi connectivity index (χ2v) is 11.5. The van der Waals surface area contributed by atoms with E-state index in [1.165, 1.54) is 15.6 Å². The predicted molar refractivity (Wildman–Crippen MR) is 154 cm³/mol. The number of benzene rings is 3. The van der Waals surface area contributed by atoms with E-state index in [-0.39, 0.29) is 23.7 Å². The van der Waals surface area contributed by atoms with E-state index in [0.717, 1.165) is 17.7 Å². The fourth-order valence-electron chi connectivity index (χ4n) is 5.61. The Kier molecular flexibility index (Phi) is 7.84. The third-order valence-corrected chi connectivity index (χ3v) is 8.23. The average Bonchev–Trinajstić information content (AvgIpc) is 3.67. The van der Waals surface area contributed by atoms with Crippen molar-refractivity contribution < 1.29 is 32.5 Å². The van der Waals surface area contributed by atoms with Crippen molar-refractivity contribution in [3.05, 3.63) is 112 Å². The summed E-state index contributed by atoms with van der Waals surface area (Å²) in [7, 11) is 0. The highest BCUT2D eigenvalue weighted by molar-refractivity contribution is 6.34. The number of rotatable bonds is 5. The number of aliphatic hydroxyl groups is 1. The fourth-order valence-corrected chi connectivity index (χ4v) is 5.97. The molecule has 0 radical (unpaired) electrons. The molecule has 1 N–H and O–H groups in total. The topological polar surface area (TPSA) is 109 Å². The summed E-state index contributed by atoms with van der Waals surface area (Å²) in [6.07, 6.45) is -3.46. The maximum absolute atomic E-state index is 14.1. The standard InChI is InChI=1S/C30H23Cl2F3N6O4/c1-14-36-29(41(38-14)22-11-17(31)7-8-18(22)32)28-26(42)25(27-23(44-28)13-43-30(45-27)15-5-3-2-4-6-15)40-12-21(37-39-40)16-9-19(33)24(35)20(34)10-16/h2-12,23,25-28,30,42H,13H2,1H3/t23-,25-,26-,27+,28-,30+/m1/s1. The Morgan fingerprint density at radius 1 is 0.978 bits per heavy atom. The first kappa shape index (κ1) is 29.8. The molecule has 6 atom stereocenters. The normalized spacial score (nSPS) is 24.9. The molecular weight excluding hydrogens is 636 g/mol. The molecule has 7 rings (SSSR count). The van der Waals surface area contributed by atoms with Gasteiger partial charge in [0, 0.05) is 16.1 Å². The molecule has 0 bridgehead atoms. The molecule has 4 heterocycles. The van der Waals surface area contributed by atoms with Crippen LogP contribution in [0.1, 0.15) is 35.6 Å². The number of fused-ring (bicyclic) bond motifs is 1. The highest BCUT2D eigenvalue weighted by atomic mass is 35.5. The number of nitrogens with zero attached hydrogens (tertiary/aromatic N) is 6. The molecule has 5 aromatic rings. The summed E-state index contributed by atoms with van der Waals surface area (Å²) in [5.74, 6) is -3.75. The van der Waals surface area contributed by atoms with Crippen molar-refractivity contribution in [2.75, 3.05) is 6.61 Å². The molecule has 45 heavy (non-hydrogen) atoms. The van der Waals surface area contributed by atoms with Crippen LogP contribution in [0, 0.1) is 24.4 Å². The summed E-state index contributed by atoms with van der Waals surface area (Å²) < 4.78 is 63.3. The molecule has 232 valence electrons. The molecule has 0 spiro atoms. The Morgan fingerprint density at radius 3 is 2.49 bits per heavy atom. The Balaban J connectivity index is 1.30. The zero-order valence-electron chi connectivity index (χ0n) is 23.3. The molecule has 0 aliphatic carbocycles. The van der Waals surface area contributed by atoms with Gasteiger partial charge in [-0.15, -0.1) is 5.10 Å². The summed E-state index contributed by atoms with van der Waals surface area (Å²) in [4.78, 5) is 4.56. The van der Waals surface area contributed by atoms with Crippen LogP contribution in [-0.4, -0.2) is 59.8 Å². The van der Waals surface area contributed by atoms with Crippen LogP contribution in [0.5, 0.6) is 0 Å². The van der Waals surface area contributed by atoms with Crippen molar-refractivity contribution in [2.45, 2.75) is 43.7 Å². The van der Waals surface area contributed by atoms with Crippen LogP contribution in [0.15, 0.2) is 66.9 Å². The third kappa shape index (κ3) is 5.49. The van der Waals surface area contributed by atoms with Crippen LogP contribution < -0.4 is 0 Å². The monoisotopic (exact) mass is 658 g/mol. The predicted octanol–water partition coefficient (Wildman–Crippen LogP) is 5.71. The molecule has 2 aromatic heterocycles. The first-order chi connectivity index (χ1) is 21.7. The molecule has 15 heteroatoms. The smallest absolute Gasteiger partial charge is 0.194 e. The highest BCUT2D eigenvalue weighted by Gasteiger charge is 2.52. The molecular formula is C30H23Cl2F3N6O4. The van der Waals surface area contributed by atoms with Gasteiger partial charge in [0.25, 0.3) is 0 Å². The van der Waals surface area contributed by atoms with Crippen LogP contribution in [0.3, 0.4) is 0 Å². The van der Waals surface area contributed by atoms with E-state index < -0.39 is 54.2 Å². The molecule has 0 saturated carbocycles. The second-order valence-electron chi connectivity index (χ2n) is 10.6. The number of hydrogen-bond donors (Lipinski definition) is 1. The maximum Gasteiger partial charge on any atom is 0.194 e. The first-order valence-corrected chi connectivity index (χ1v) is 14.5. The SMILES string of the molecule is Cc1nc([C@@H]2O[C@@H]3CO[C@H](c4ccccc4)O[C@@H]3[C@H](n3cc(-c4cc(F)c(F)c(F)c4)nn3)[C@H]2O)n(-c2cc(Cl)ccc2Cl)n1. The minimum Gasteiger partial charge on any atom is -0.388 e. The van der Waals surface area contributed by atoms with Crippen LogP contribution in [0.4, 0.5) is 13.2 Å². The first-order valence-electron chi connectivity index (χ1n) is 13.8. The summed E-state index contributed by atoms with van der Waals surface area (Å²) in [5.41, 5.74) is 1.15. The second kappa shape index (κ2) is 11.8. The van der Waals surface area contributed by atoms with Crippen LogP contribution >= 0.6 is 23.2 Å². The lowest BCUT2D eigenvalue weighted by Crippen LogP contribution is -2.57. The van der Waals surface area contributed by atoms with Crippen LogP contribution in [-0.2, 0) is 14.2 Å². The summed E-state index contributed by atoms with van der Waals surface area (Å²) >= 11 is 12.8. The van der Waals surface area contributed by atoms with Crippen LogP contribution in [0.25, 0.3) is 16.9 Å². The number of aryl methyl sites for hydroxylation is 1. The zero-order valence-corrected chi connectivity index (χ0v) is 24.8. The number of aliphatic hydroxyl groups excluding tert-OH is 1. The Morgan fingerprint density at radius 2 is 1.73 bits per heavy atom. The van der Waals surface area contributed by atoms with Crippen molar-refractivity contribution in [1.82, 2.24) is 29.8 Å². The minimum absolute atomic E-state index is 0.0379. The molecule has 2 aliphatic heterocycles. The van der Waals surface area contributed by atoms with Crippen LogP contribution in [0.2, 0.25) is 10.0 Å². The zero-order chi connectivity index (χ0) is 31.4. The van der Waals surface area contributed by atoms with Gasteiger partial charge in [-0.1, -0.05) is 58.7 Å². The molecule has 2 aliphatic rings. The molecule has 2 saturated heterocycles. The number of halogens is 5. The lowest BCUT2D eigenvalue weighted by atomic mass is 9.91. The Hall–Kier alpha value is -3.85. The van der Waals surface area contributed by atoms with E-state index in [9.17, 15) is 18.3 Å². The van der Waals surface area contributed by atoms with E-state index in [0.29, 0.717) is 21.6 Å². The lowest BCUT2D eigenvalue weighted by Gasteiger charge is -2.47. The maximum atomic E-state index is 14.1. The highest BCUT2D eigenvalue weighted by Crippen LogP contribution is 2.44. The van der Waals surface area contributed by atoms with Crippen molar-refractivity contribution in [2.24, 2.45) is 0 Å². The van der Waals surface area contributed by atoms with Gasteiger partial charge in [0.05, 0.1) is 23.5 Å². The Labute approximate surface area is 263 Å². The Bertz CT molecular complexity index is 1850. The van der Waals surface area contributed by atoms with E-state index >= 15 is 0 Å². The lowest BCUT2D eigenvalue weighted by molar-refractivity contribution is -0.319. The van der Waals surface area contributed by atoms with Crippen molar-refractivity contribution in [3.63, 3.8) is 0 Å². The van der Waals surface area contributed by atoms with Gasteiger partial charge in [-0.3, -0.25) is 0 Å². The van der Waals surface area contributed by atoms with Gasteiger partial charge in [0.15, 0.2) is 29.6 Å². The van der Waals surface area contributed by atoms with Crippen molar-refractivity contribution in [1.29, 1.82) is 0 Å². The number of aromatic nitrogens is 6. The molecule has 2 fully saturated rings. The summed E-state index contributed by atoms with van der Waals surface area (Å²) in [6.45, 7) is 1.75. The van der Waals surface area contributed by atoms with E-state index in [1.54, 1.807) is 25.1 Å². The third-order valence-electron chi connectivity index (χ3n) is 7.67. The van der Waals surface area contributed by atoms with E-state index in [2.05, 4.69) is 20.4 Å². The minimum atomic E-state index is -1.60. The fraction of sp³-hybridized carbons (Fsp3) is 0.267. The number of hydrogen-bond acceptors (Lipinski definition) is 8. The van der Waals surface area contributed by atoms with Gasteiger partial charge in [0.1, 0.15) is 42.0 Å². The van der Waals surface area contributed by atoms with Gasteiger partial charge in [0.2, 0.25) is 0 Å². The molecule has 0 amide bonds. The quantitative estimate of drug-likeness (QED) is 0.239. The van der Waals surface area contributed by atoms with Gasteiger partial charge in [-0.05, 0) is 37.3 Å².